The molecule has 1 aromatic rings. The van der Waals surface area contributed by atoms with Crippen LogP contribution in [-0.4, -0.2) is 78.8 Å². The van der Waals surface area contributed by atoms with E-state index in [2.05, 4.69) is 16.7 Å². The Morgan fingerprint density at radius 3 is 2.48 bits per heavy atom. The first kappa shape index (κ1) is 33.5. The lowest BCUT2D eigenvalue weighted by Gasteiger charge is -2.35. The van der Waals surface area contributed by atoms with Crippen molar-refractivity contribution in [3.8, 4) is 11.5 Å². The standard InChI is InChI=1S/C28H41N3O6.C2H8BNO/c1-27(2,3)37-26(34)30-15-8-6-5-7-14-29-25(33)31-16-13-28-12-11-20(32)17-22(28)36-24-21(35-4)10-9-19(18-31)23(24)28;1-2-3(4)5/h9-12,20,22,32H,5-8,13-18H2,1-4H3,(H,29,33)(H,30,34);5H,2,4H2,1H3/t20-,22-,28-;/m0./s1. The molecule has 0 bridgehead atoms. The molecule has 3 amide bonds. The van der Waals surface area contributed by atoms with Gasteiger partial charge in [0.15, 0.2) is 11.5 Å². The number of nitrogens with zero attached hydrogens (tertiary/aromatic N) is 1. The van der Waals surface area contributed by atoms with E-state index in [0.29, 0.717) is 44.7 Å². The summed E-state index contributed by atoms with van der Waals surface area (Å²) >= 11 is 0. The Labute approximate surface area is 250 Å². The van der Waals surface area contributed by atoms with Crippen LogP contribution in [-0.2, 0) is 16.7 Å². The SMILES string of the molecule is CCB(N)O.COc1ccc2c3c1O[C@H]1C[C@@H](O)C=C[C@@]31CCN(C(=O)NCCCCCCNC(=O)OC(C)(C)C)C2. The Balaban J connectivity index is 0.000000892. The minimum Gasteiger partial charge on any atom is -0.493 e. The molecule has 1 aromatic carbocycles. The number of aliphatic hydroxyl groups excluding tert-OH is 1. The number of alkyl carbamates (subject to hydrolysis) is 1. The van der Waals surface area contributed by atoms with Crippen molar-refractivity contribution in [2.45, 2.75) is 102 Å². The maximum absolute atomic E-state index is 13.1. The first-order valence-electron chi connectivity index (χ1n) is 15.1. The third-order valence-electron chi connectivity index (χ3n) is 7.71. The van der Waals surface area contributed by atoms with E-state index in [9.17, 15) is 14.7 Å². The highest BCUT2D eigenvalue weighted by molar-refractivity contribution is 6.46. The van der Waals surface area contributed by atoms with Crippen LogP contribution in [0.15, 0.2) is 24.3 Å². The van der Waals surface area contributed by atoms with E-state index in [-0.39, 0.29) is 23.6 Å². The molecule has 234 valence electrons. The van der Waals surface area contributed by atoms with Crippen LogP contribution in [0.25, 0.3) is 0 Å². The monoisotopic (exact) mass is 588 g/mol. The summed E-state index contributed by atoms with van der Waals surface area (Å²) in [4.78, 5) is 26.6. The largest absolute Gasteiger partial charge is 0.493 e. The average molecular weight is 589 g/mol. The maximum Gasteiger partial charge on any atom is 0.407 e. The average Bonchev–Trinajstić information content (AvgIpc) is 3.16. The van der Waals surface area contributed by atoms with Gasteiger partial charge in [-0.25, -0.2) is 9.59 Å². The number of hydrogen-bond donors (Lipinski definition) is 5. The summed E-state index contributed by atoms with van der Waals surface area (Å²) in [7, 11) is 1.02. The van der Waals surface area contributed by atoms with Gasteiger partial charge in [-0.1, -0.05) is 38.0 Å². The molecule has 4 rings (SSSR count). The fraction of sp³-hybridized carbons (Fsp3) is 0.667. The Morgan fingerprint density at radius 1 is 1.19 bits per heavy atom. The van der Waals surface area contributed by atoms with Crippen LogP contribution in [0, 0.1) is 0 Å². The van der Waals surface area contributed by atoms with Crippen molar-refractivity contribution >= 4 is 19.2 Å². The summed E-state index contributed by atoms with van der Waals surface area (Å²) in [6.45, 7) is 9.65. The highest BCUT2D eigenvalue weighted by Crippen LogP contribution is 2.55. The molecule has 1 spiro atoms. The molecule has 12 heteroatoms. The van der Waals surface area contributed by atoms with E-state index in [4.69, 9.17) is 24.9 Å². The number of benzene rings is 1. The zero-order valence-electron chi connectivity index (χ0n) is 25.8. The molecule has 0 aromatic heterocycles. The number of hydrogen-bond acceptors (Lipinski definition) is 8. The Morgan fingerprint density at radius 2 is 1.86 bits per heavy atom. The smallest absolute Gasteiger partial charge is 0.407 e. The van der Waals surface area contributed by atoms with Crippen molar-refractivity contribution in [1.82, 2.24) is 15.5 Å². The molecule has 3 atom stereocenters. The van der Waals surface area contributed by atoms with Crippen LogP contribution in [0.2, 0.25) is 6.32 Å². The van der Waals surface area contributed by atoms with Gasteiger partial charge in [-0.15, -0.1) is 0 Å². The van der Waals surface area contributed by atoms with E-state index in [1.807, 2.05) is 50.8 Å². The molecule has 6 N–H and O–H groups in total. The lowest BCUT2D eigenvalue weighted by atomic mass is 9.69. The van der Waals surface area contributed by atoms with Gasteiger partial charge in [0.05, 0.1) is 18.6 Å². The van der Waals surface area contributed by atoms with Crippen molar-refractivity contribution < 1.29 is 33.9 Å². The molecule has 3 aliphatic rings. The third kappa shape index (κ3) is 8.78. The molecule has 0 radical (unpaired) electrons. The van der Waals surface area contributed by atoms with Crippen molar-refractivity contribution in [2.24, 2.45) is 5.64 Å². The zero-order chi connectivity index (χ0) is 30.9. The minimum atomic E-state index is -0.616. The third-order valence-corrected chi connectivity index (χ3v) is 7.71. The number of carbonyl (C=O) groups excluding carboxylic acids is 2. The summed E-state index contributed by atoms with van der Waals surface area (Å²) in [6.07, 6.45) is 8.42. The molecule has 2 aliphatic heterocycles. The molecule has 11 nitrogen and oxygen atoms in total. The van der Waals surface area contributed by atoms with Crippen LogP contribution in [0.1, 0.15) is 77.3 Å². The summed E-state index contributed by atoms with van der Waals surface area (Å²) in [5.41, 5.74) is 6.15. The van der Waals surface area contributed by atoms with E-state index in [1.54, 1.807) is 7.11 Å². The number of nitrogens with two attached hydrogens (primary N) is 1. The van der Waals surface area contributed by atoms with Gasteiger partial charge in [-0.2, -0.15) is 0 Å². The molecule has 0 saturated heterocycles. The molecule has 0 fully saturated rings. The normalized spacial score (nSPS) is 22.0. The summed E-state index contributed by atoms with van der Waals surface area (Å²) in [5.74, 6) is 1.43. The first-order valence-corrected chi connectivity index (χ1v) is 15.1. The van der Waals surface area contributed by atoms with E-state index in [1.165, 1.54) is 0 Å². The van der Waals surface area contributed by atoms with Gasteiger partial charge in [0.25, 0.3) is 0 Å². The van der Waals surface area contributed by atoms with E-state index < -0.39 is 18.8 Å². The second-order valence-electron chi connectivity index (χ2n) is 12.2. The van der Waals surface area contributed by atoms with E-state index >= 15 is 0 Å². The van der Waals surface area contributed by atoms with Gasteiger partial charge in [-0.3, -0.25) is 0 Å². The van der Waals surface area contributed by atoms with Crippen molar-refractivity contribution in [1.29, 1.82) is 0 Å². The highest BCUT2D eigenvalue weighted by atomic mass is 16.6. The molecule has 0 saturated carbocycles. The molecule has 2 heterocycles. The van der Waals surface area contributed by atoms with Crippen LogP contribution in [0.5, 0.6) is 11.5 Å². The number of amides is 3. The number of aliphatic hydroxyl groups is 1. The number of nitrogens with one attached hydrogen (secondary N) is 2. The number of urea groups is 1. The Bertz CT molecular complexity index is 1090. The van der Waals surface area contributed by atoms with E-state index in [0.717, 1.165) is 49.0 Å². The number of ether oxygens (including phenoxy) is 3. The maximum atomic E-state index is 13.1. The topological polar surface area (TPSA) is 156 Å². The molecular weight excluding hydrogens is 539 g/mol. The number of carbonyl (C=O) groups is 2. The zero-order valence-corrected chi connectivity index (χ0v) is 25.8. The fourth-order valence-corrected chi connectivity index (χ4v) is 5.52. The molecule has 42 heavy (non-hydrogen) atoms. The number of methoxy groups -OCH3 is 1. The predicted octanol–water partition coefficient (Wildman–Crippen LogP) is 3.46. The van der Waals surface area contributed by atoms with Crippen molar-refractivity contribution in [3.05, 3.63) is 35.4 Å². The number of unbranched alkanes of at least 4 members (excludes halogenated alkanes) is 3. The van der Waals surface area contributed by atoms with Crippen LogP contribution < -0.4 is 25.8 Å². The van der Waals surface area contributed by atoms with Crippen LogP contribution >= 0.6 is 0 Å². The fourth-order valence-electron chi connectivity index (χ4n) is 5.52. The van der Waals surface area contributed by atoms with Gasteiger partial charge in [0.1, 0.15) is 11.7 Å². The summed E-state index contributed by atoms with van der Waals surface area (Å²) < 4.78 is 17.1. The van der Waals surface area contributed by atoms with Gasteiger partial charge in [0, 0.05) is 38.2 Å². The first-order chi connectivity index (χ1) is 19.9. The molecule has 1 aliphatic carbocycles. The second kappa shape index (κ2) is 15.0. The van der Waals surface area contributed by atoms with Crippen LogP contribution in [0.4, 0.5) is 9.59 Å². The second-order valence-corrected chi connectivity index (χ2v) is 12.2. The lowest BCUT2D eigenvalue weighted by molar-refractivity contribution is 0.0526. The quantitative estimate of drug-likeness (QED) is 0.167. The summed E-state index contributed by atoms with van der Waals surface area (Å²) in [6, 6.07) is 3.86. The van der Waals surface area contributed by atoms with Crippen LogP contribution in [0.3, 0.4) is 0 Å². The van der Waals surface area contributed by atoms with Crippen molar-refractivity contribution in [2.75, 3.05) is 26.7 Å². The van der Waals surface area contributed by atoms with Gasteiger partial charge < -0.3 is 45.5 Å². The highest BCUT2D eigenvalue weighted by Gasteiger charge is 2.53. The lowest BCUT2D eigenvalue weighted by Crippen LogP contribution is -2.44. The minimum absolute atomic E-state index is 0.0650. The molecular formula is C30H49BN4O7. The number of rotatable bonds is 9. The van der Waals surface area contributed by atoms with Gasteiger partial charge >= 0.3 is 19.2 Å². The van der Waals surface area contributed by atoms with Gasteiger partial charge in [-0.05, 0) is 58.0 Å². The predicted molar refractivity (Wildman–Crippen MR) is 163 cm³/mol. The van der Waals surface area contributed by atoms with Gasteiger partial charge in [0.2, 0.25) is 0 Å². The Hall–Kier alpha value is -2.96. The van der Waals surface area contributed by atoms with Crippen molar-refractivity contribution in [3.63, 3.8) is 0 Å². The summed E-state index contributed by atoms with van der Waals surface area (Å²) in [5, 5.41) is 24.2. The molecule has 0 unspecified atom stereocenters. The Kier molecular flexibility index (Phi) is 12.0.